The van der Waals surface area contributed by atoms with Gasteiger partial charge in [-0.25, -0.2) is 13.2 Å². The maximum Gasteiger partial charge on any atom is 0.337 e. The van der Waals surface area contributed by atoms with Crippen LogP contribution in [0.25, 0.3) is 0 Å². The molecule has 0 atom stereocenters. The first-order chi connectivity index (χ1) is 10.3. The van der Waals surface area contributed by atoms with Gasteiger partial charge in [0.15, 0.2) is 0 Å². The van der Waals surface area contributed by atoms with E-state index < -0.39 is 16.0 Å². The van der Waals surface area contributed by atoms with Crippen molar-refractivity contribution in [3.05, 3.63) is 58.6 Å². The van der Waals surface area contributed by atoms with Gasteiger partial charge in [-0.1, -0.05) is 23.7 Å². The van der Waals surface area contributed by atoms with E-state index in [1.165, 1.54) is 25.3 Å². The minimum atomic E-state index is -3.84. The lowest BCUT2D eigenvalue weighted by Gasteiger charge is -2.11. The number of carbonyl (C=O) groups is 1. The van der Waals surface area contributed by atoms with Crippen molar-refractivity contribution in [3.63, 3.8) is 0 Å². The van der Waals surface area contributed by atoms with Gasteiger partial charge in [-0.2, -0.15) is 0 Å². The number of halogens is 1. The smallest absolute Gasteiger partial charge is 0.337 e. The number of ether oxygens (including phenoxy) is 1. The Morgan fingerprint density at radius 3 is 2.55 bits per heavy atom. The Morgan fingerprint density at radius 1 is 1.18 bits per heavy atom. The highest BCUT2D eigenvalue weighted by Gasteiger charge is 2.19. The molecule has 0 radical (unpaired) electrons. The molecule has 1 N–H and O–H groups in total. The molecular weight excluding hydrogens is 326 g/mol. The summed E-state index contributed by atoms with van der Waals surface area (Å²) in [6.07, 6.45) is 0. The summed E-state index contributed by atoms with van der Waals surface area (Å²) in [6, 6.07) is 10.7. The molecule has 0 spiro atoms. The lowest BCUT2D eigenvalue weighted by atomic mass is 10.1. The first-order valence-electron chi connectivity index (χ1n) is 6.31. The summed E-state index contributed by atoms with van der Waals surface area (Å²) < 4.78 is 32.0. The van der Waals surface area contributed by atoms with Crippen LogP contribution >= 0.6 is 11.6 Å². The molecule has 0 saturated heterocycles. The molecule has 0 amide bonds. The molecule has 0 aliphatic carbocycles. The Hall–Kier alpha value is -2.05. The number of hydrogen-bond donors (Lipinski definition) is 1. The predicted molar refractivity (Wildman–Crippen MR) is 84.8 cm³/mol. The fourth-order valence-corrected chi connectivity index (χ4v) is 3.41. The third kappa shape index (κ3) is 3.58. The van der Waals surface area contributed by atoms with Gasteiger partial charge in [-0.05, 0) is 42.8 Å². The molecule has 116 valence electrons. The summed E-state index contributed by atoms with van der Waals surface area (Å²) in [6.45, 7) is 1.65. The van der Waals surface area contributed by atoms with Crippen molar-refractivity contribution in [1.29, 1.82) is 0 Å². The van der Waals surface area contributed by atoms with Crippen LogP contribution in [0.3, 0.4) is 0 Å². The molecule has 2 aromatic carbocycles. The molecule has 0 heterocycles. The van der Waals surface area contributed by atoms with E-state index >= 15 is 0 Å². The van der Waals surface area contributed by atoms with Crippen LogP contribution in [0.15, 0.2) is 47.4 Å². The van der Waals surface area contributed by atoms with Crippen LogP contribution in [0.4, 0.5) is 5.69 Å². The molecule has 0 saturated carbocycles. The van der Waals surface area contributed by atoms with Gasteiger partial charge < -0.3 is 4.74 Å². The van der Waals surface area contributed by atoms with E-state index in [1.54, 1.807) is 31.2 Å². The maximum atomic E-state index is 12.5. The number of rotatable bonds is 4. The van der Waals surface area contributed by atoms with Crippen molar-refractivity contribution >= 4 is 33.3 Å². The maximum absolute atomic E-state index is 12.5. The Balaban J connectivity index is 2.42. The Labute approximate surface area is 133 Å². The van der Waals surface area contributed by atoms with Crippen molar-refractivity contribution in [2.24, 2.45) is 0 Å². The number of methoxy groups -OCH3 is 1. The topological polar surface area (TPSA) is 72.5 Å². The number of aryl methyl sites for hydroxylation is 1. The van der Waals surface area contributed by atoms with Crippen LogP contribution < -0.4 is 4.72 Å². The fourth-order valence-electron chi connectivity index (χ4n) is 1.90. The van der Waals surface area contributed by atoms with Gasteiger partial charge in [0.2, 0.25) is 0 Å². The fraction of sp³-hybridized carbons (Fsp3) is 0.133. The third-order valence-corrected chi connectivity index (χ3v) is 4.73. The molecule has 0 bridgehead atoms. The Bertz CT molecular complexity index is 818. The average Bonchev–Trinajstić information content (AvgIpc) is 2.46. The SMILES string of the molecule is COC(=O)c1ccc(C)c(S(=O)(=O)Nc2cccc(Cl)c2)c1. The second-order valence-corrected chi connectivity index (χ2v) is 6.67. The molecule has 0 aliphatic rings. The van der Waals surface area contributed by atoms with Gasteiger partial charge in [-0.15, -0.1) is 0 Å². The lowest BCUT2D eigenvalue weighted by Crippen LogP contribution is -2.15. The van der Waals surface area contributed by atoms with Crippen molar-refractivity contribution in [3.8, 4) is 0 Å². The molecular formula is C15H14ClNO4S. The Kier molecular flexibility index (Phi) is 4.73. The number of hydrogen-bond acceptors (Lipinski definition) is 4. The number of anilines is 1. The summed E-state index contributed by atoms with van der Waals surface area (Å²) in [5, 5.41) is 0.417. The van der Waals surface area contributed by atoms with Crippen LogP contribution in [0.2, 0.25) is 5.02 Å². The van der Waals surface area contributed by atoms with E-state index in [-0.39, 0.29) is 10.5 Å². The summed E-state index contributed by atoms with van der Waals surface area (Å²) in [7, 11) is -2.60. The molecule has 7 heteroatoms. The van der Waals surface area contributed by atoms with Gasteiger partial charge in [0.1, 0.15) is 0 Å². The van der Waals surface area contributed by atoms with Gasteiger partial charge >= 0.3 is 5.97 Å². The van der Waals surface area contributed by atoms with Crippen molar-refractivity contribution in [1.82, 2.24) is 0 Å². The molecule has 2 aromatic rings. The quantitative estimate of drug-likeness (QED) is 0.868. The van der Waals surface area contributed by atoms with Crippen LogP contribution in [-0.4, -0.2) is 21.5 Å². The second kappa shape index (κ2) is 6.37. The zero-order chi connectivity index (χ0) is 16.3. The first kappa shape index (κ1) is 16.3. The first-order valence-corrected chi connectivity index (χ1v) is 8.17. The number of carbonyl (C=O) groups excluding carboxylic acids is 1. The largest absolute Gasteiger partial charge is 0.465 e. The highest BCUT2D eigenvalue weighted by atomic mass is 35.5. The van der Waals surface area contributed by atoms with E-state index in [0.717, 1.165) is 0 Å². The van der Waals surface area contributed by atoms with Crippen LogP contribution in [0, 0.1) is 6.92 Å². The number of sulfonamides is 1. The second-order valence-electron chi connectivity index (χ2n) is 4.59. The molecule has 0 aromatic heterocycles. The minimum absolute atomic E-state index is 0.00961. The minimum Gasteiger partial charge on any atom is -0.465 e. The molecule has 2 rings (SSSR count). The highest BCUT2D eigenvalue weighted by Crippen LogP contribution is 2.22. The predicted octanol–water partition coefficient (Wildman–Crippen LogP) is 3.24. The number of nitrogens with one attached hydrogen (secondary N) is 1. The van der Waals surface area contributed by atoms with Crippen molar-refractivity contribution < 1.29 is 17.9 Å². The van der Waals surface area contributed by atoms with Crippen LogP contribution in [0.1, 0.15) is 15.9 Å². The highest BCUT2D eigenvalue weighted by molar-refractivity contribution is 7.92. The van der Waals surface area contributed by atoms with Crippen LogP contribution in [-0.2, 0) is 14.8 Å². The number of benzene rings is 2. The van der Waals surface area contributed by atoms with Crippen LogP contribution in [0.5, 0.6) is 0 Å². The standard InChI is InChI=1S/C15H14ClNO4S/c1-10-6-7-11(15(18)21-2)8-14(10)22(19,20)17-13-5-3-4-12(16)9-13/h3-9,17H,1-2H3. The zero-order valence-corrected chi connectivity index (χ0v) is 13.5. The molecule has 5 nitrogen and oxygen atoms in total. The monoisotopic (exact) mass is 339 g/mol. The van der Waals surface area contributed by atoms with Crippen molar-refractivity contribution in [2.75, 3.05) is 11.8 Å². The van der Waals surface area contributed by atoms with E-state index in [4.69, 9.17) is 11.6 Å². The third-order valence-electron chi connectivity index (χ3n) is 2.98. The normalized spacial score (nSPS) is 11.0. The summed E-state index contributed by atoms with van der Waals surface area (Å²) >= 11 is 5.84. The average molecular weight is 340 g/mol. The Morgan fingerprint density at radius 2 is 1.91 bits per heavy atom. The van der Waals surface area contributed by atoms with E-state index in [2.05, 4.69) is 9.46 Å². The summed E-state index contributed by atoms with van der Waals surface area (Å²) in [5.74, 6) is -0.598. The number of esters is 1. The summed E-state index contributed by atoms with van der Waals surface area (Å²) in [5.41, 5.74) is 1.03. The van der Waals surface area contributed by atoms with E-state index in [1.807, 2.05) is 0 Å². The van der Waals surface area contributed by atoms with E-state index in [0.29, 0.717) is 16.3 Å². The summed E-state index contributed by atoms with van der Waals surface area (Å²) in [4.78, 5) is 11.6. The van der Waals surface area contributed by atoms with Gasteiger partial charge in [0, 0.05) is 5.02 Å². The zero-order valence-electron chi connectivity index (χ0n) is 12.0. The van der Waals surface area contributed by atoms with E-state index in [9.17, 15) is 13.2 Å². The molecule has 0 aliphatic heterocycles. The van der Waals surface area contributed by atoms with Gasteiger partial charge in [0.05, 0.1) is 23.3 Å². The van der Waals surface area contributed by atoms with Crippen molar-refractivity contribution in [2.45, 2.75) is 11.8 Å². The van der Waals surface area contributed by atoms with Gasteiger partial charge in [0.25, 0.3) is 10.0 Å². The molecule has 0 unspecified atom stereocenters. The molecule has 22 heavy (non-hydrogen) atoms. The lowest BCUT2D eigenvalue weighted by molar-refractivity contribution is 0.0600. The molecule has 0 fully saturated rings. The van der Waals surface area contributed by atoms with Gasteiger partial charge in [-0.3, -0.25) is 4.72 Å².